The molecule has 2 aromatic rings. The van der Waals surface area contributed by atoms with E-state index in [-0.39, 0.29) is 0 Å². The zero-order valence-electron chi connectivity index (χ0n) is 17.9. The number of hydrogen-bond donors (Lipinski definition) is 1. The van der Waals surface area contributed by atoms with Gasteiger partial charge in [0.15, 0.2) is 5.78 Å². The van der Waals surface area contributed by atoms with Crippen LogP contribution in [0.1, 0.15) is 80.1 Å². The van der Waals surface area contributed by atoms with E-state index in [0.717, 1.165) is 18.7 Å². The molecule has 0 heterocycles. The zero-order valence-corrected chi connectivity index (χ0v) is 17.9. The van der Waals surface area contributed by atoms with Gasteiger partial charge in [-0.15, -0.1) is 0 Å². The fourth-order valence-electron chi connectivity index (χ4n) is 3.58. The molecule has 0 aromatic heterocycles. The van der Waals surface area contributed by atoms with Crippen LogP contribution in [-0.2, 0) is 11.2 Å². The molecule has 0 radical (unpaired) electrons. The molecule has 4 nitrogen and oxygen atoms in total. The molecule has 30 heavy (non-hydrogen) atoms. The number of unbranched alkanes of at least 4 members (excludes halogenated alkanes) is 8. The number of rotatable bonds is 16. The highest BCUT2D eigenvalue weighted by molar-refractivity contribution is 6.05. The molecular weight excluding hydrogens is 374 g/mol. The summed E-state index contributed by atoms with van der Waals surface area (Å²) in [6.45, 7) is 0.909. The largest absolute Gasteiger partial charge is 0.550 e. The van der Waals surface area contributed by atoms with Gasteiger partial charge in [0.25, 0.3) is 0 Å². The average Bonchev–Trinajstić information content (AvgIpc) is 2.75. The molecule has 0 fully saturated rings. The molecular formula is C26H34NO3-. The van der Waals surface area contributed by atoms with Gasteiger partial charge in [-0.05, 0) is 49.1 Å². The van der Waals surface area contributed by atoms with Crippen LogP contribution in [0.3, 0.4) is 0 Å². The minimum absolute atomic E-state index is 0.407. The number of anilines is 1. The van der Waals surface area contributed by atoms with Gasteiger partial charge in [0, 0.05) is 23.8 Å². The van der Waals surface area contributed by atoms with Crippen molar-refractivity contribution in [2.75, 3.05) is 11.9 Å². The van der Waals surface area contributed by atoms with Crippen LogP contribution in [-0.4, -0.2) is 18.3 Å². The van der Waals surface area contributed by atoms with Crippen molar-refractivity contribution in [2.45, 2.75) is 70.6 Å². The maximum absolute atomic E-state index is 11.6. The summed E-state index contributed by atoms with van der Waals surface area (Å²) < 4.78 is 0. The van der Waals surface area contributed by atoms with E-state index in [2.05, 4.69) is 35.6 Å². The monoisotopic (exact) mass is 408 g/mol. The Kier molecular flexibility index (Phi) is 11.3. The minimum atomic E-state index is -1.34. The molecule has 0 aliphatic carbocycles. The molecule has 1 N–H and O–H groups in total. The molecule has 0 spiro atoms. The Balaban J connectivity index is 1.41. The van der Waals surface area contributed by atoms with Gasteiger partial charge in [-0.2, -0.15) is 0 Å². The third-order valence-electron chi connectivity index (χ3n) is 5.33. The quantitative estimate of drug-likeness (QED) is 0.236. The Hall–Kier alpha value is -2.62. The number of hydrogen-bond acceptors (Lipinski definition) is 4. The lowest BCUT2D eigenvalue weighted by atomic mass is 10.0. The number of benzene rings is 2. The Morgan fingerprint density at radius 2 is 1.27 bits per heavy atom. The second-order valence-corrected chi connectivity index (χ2v) is 7.89. The average molecular weight is 409 g/mol. The van der Waals surface area contributed by atoms with Gasteiger partial charge >= 0.3 is 0 Å². The number of carbonyl (C=O) groups excluding carboxylic acids is 2. The number of carbonyl (C=O) groups is 2. The van der Waals surface area contributed by atoms with Crippen molar-refractivity contribution in [3.8, 4) is 0 Å². The van der Waals surface area contributed by atoms with Crippen molar-refractivity contribution in [1.29, 1.82) is 0 Å². The number of aryl methyl sites for hydroxylation is 1. The molecule has 0 saturated heterocycles. The van der Waals surface area contributed by atoms with Gasteiger partial charge in [-0.3, -0.25) is 4.79 Å². The van der Waals surface area contributed by atoms with Gasteiger partial charge in [-0.1, -0.05) is 75.3 Å². The van der Waals surface area contributed by atoms with Gasteiger partial charge in [0.2, 0.25) is 0 Å². The van der Waals surface area contributed by atoms with Crippen LogP contribution in [0.5, 0.6) is 0 Å². The lowest BCUT2D eigenvalue weighted by Crippen LogP contribution is -2.25. The van der Waals surface area contributed by atoms with Crippen LogP contribution in [0.2, 0.25) is 0 Å². The van der Waals surface area contributed by atoms with Crippen LogP contribution >= 0.6 is 0 Å². The summed E-state index contributed by atoms with van der Waals surface area (Å²) in [5.41, 5.74) is 2.81. The van der Waals surface area contributed by atoms with Crippen molar-refractivity contribution >= 4 is 17.4 Å². The molecule has 2 rings (SSSR count). The molecule has 0 aliphatic rings. The van der Waals surface area contributed by atoms with Gasteiger partial charge < -0.3 is 15.2 Å². The van der Waals surface area contributed by atoms with E-state index in [0.29, 0.717) is 5.56 Å². The second-order valence-electron chi connectivity index (χ2n) is 7.89. The summed E-state index contributed by atoms with van der Waals surface area (Å²) in [5, 5.41) is 13.8. The number of carboxylic acid groups (broad SMARTS) is 1. The number of nitrogens with one attached hydrogen (secondary N) is 1. The summed E-state index contributed by atoms with van der Waals surface area (Å²) >= 11 is 0. The highest BCUT2D eigenvalue weighted by Gasteiger charge is 2.05. The third-order valence-corrected chi connectivity index (χ3v) is 5.33. The van der Waals surface area contributed by atoms with E-state index in [1.807, 2.05) is 12.1 Å². The first-order valence-electron chi connectivity index (χ1n) is 11.3. The van der Waals surface area contributed by atoms with Gasteiger partial charge in [0.05, 0.1) is 6.42 Å². The van der Waals surface area contributed by atoms with Gasteiger partial charge in [0.1, 0.15) is 0 Å². The number of Topliss-reactive ketones (excluding diaryl/α,β-unsaturated/α-hetero) is 1. The highest BCUT2D eigenvalue weighted by atomic mass is 16.4. The number of ketones is 1. The molecule has 0 atom stereocenters. The predicted molar refractivity (Wildman–Crippen MR) is 121 cm³/mol. The summed E-state index contributed by atoms with van der Waals surface area (Å²) in [6.07, 6.45) is 12.2. The first kappa shape index (κ1) is 23.7. The molecule has 0 aliphatic heterocycles. The fourth-order valence-corrected chi connectivity index (χ4v) is 3.58. The Morgan fingerprint density at radius 1 is 0.700 bits per heavy atom. The van der Waals surface area contributed by atoms with Crippen molar-refractivity contribution in [2.24, 2.45) is 0 Å². The maximum Gasteiger partial charge on any atom is 0.168 e. The van der Waals surface area contributed by atoms with Crippen LogP contribution < -0.4 is 10.4 Å². The Bertz CT molecular complexity index is 741. The SMILES string of the molecule is O=C([O-])CC(=O)c1ccc(NCCCCCCCCCCCc2ccccc2)cc1. The van der Waals surface area contributed by atoms with Crippen LogP contribution in [0.25, 0.3) is 0 Å². The van der Waals surface area contributed by atoms with E-state index in [1.54, 1.807) is 12.1 Å². The molecule has 0 saturated carbocycles. The van der Waals surface area contributed by atoms with Crippen molar-refractivity contribution in [3.63, 3.8) is 0 Å². The molecule has 162 valence electrons. The Labute approximate surface area is 180 Å². The molecule has 0 amide bonds. The van der Waals surface area contributed by atoms with Crippen molar-refractivity contribution in [1.82, 2.24) is 0 Å². The van der Waals surface area contributed by atoms with E-state index in [9.17, 15) is 14.7 Å². The maximum atomic E-state index is 11.6. The lowest BCUT2D eigenvalue weighted by molar-refractivity contribution is -0.304. The van der Waals surface area contributed by atoms with E-state index >= 15 is 0 Å². The molecule has 0 bridgehead atoms. The van der Waals surface area contributed by atoms with Crippen molar-refractivity contribution in [3.05, 3.63) is 65.7 Å². The number of aliphatic carboxylic acids is 1. The normalized spacial score (nSPS) is 10.7. The minimum Gasteiger partial charge on any atom is -0.550 e. The molecule has 0 unspecified atom stereocenters. The van der Waals surface area contributed by atoms with Gasteiger partial charge in [-0.25, -0.2) is 0 Å². The van der Waals surface area contributed by atoms with E-state index in [4.69, 9.17) is 0 Å². The van der Waals surface area contributed by atoms with Crippen LogP contribution in [0, 0.1) is 0 Å². The first-order valence-corrected chi connectivity index (χ1v) is 11.3. The first-order chi connectivity index (χ1) is 14.6. The fraction of sp³-hybridized carbons (Fsp3) is 0.462. The Morgan fingerprint density at radius 3 is 1.87 bits per heavy atom. The summed E-state index contributed by atoms with van der Waals surface area (Å²) in [7, 11) is 0. The second kappa shape index (κ2) is 14.4. The lowest BCUT2D eigenvalue weighted by Gasteiger charge is -2.08. The van der Waals surface area contributed by atoms with E-state index < -0.39 is 18.2 Å². The zero-order chi connectivity index (χ0) is 21.4. The standard InChI is InChI=1S/C26H35NO3/c28-25(21-26(29)30)23-16-18-24(19-17-23)27-20-12-7-5-3-1-2-4-6-9-13-22-14-10-8-11-15-22/h8,10-11,14-19,27H,1-7,9,12-13,20-21H2,(H,29,30)/p-1. The van der Waals surface area contributed by atoms with Crippen molar-refractivity contribution < 1.29 is 14.7 Å². The van der Waals surface area contributed by atoms with Crippen LogP contribution in [0.4, 0.5) is 5.69 Å². The highest BCUT2D eigenvalue weighted by Crippen LogP contribution is 2.14. The van der Waals surface area contributed by atoms with E-state index in [1.165, 1.54) is 63.4 Å². The summed E-state index contributed by atoms with van der Waals surface area (Å²) in [4.78, 5) is 22.1. The topological polar surface area (TPSA) is 69.2 Å². The third kappa shape index (κ3) is 10.2. The predicted octanol–water partition coefficient (Wildman–Crippen LogP) is 5.17. The number of carboxylic acids is 1. The molecule has 2 aromatic carbocycles. The molecule has 4 heteroatoms. The summed E-state index contributed by atoms with van der Waals surface area (Å²) in [5.74, 6) is -1.76. The summed E-state index contributed by atoms with van der Waals surface area (Å²) in [6, 6.07) is 17.7. The smallest absolute Gasteiger partial charge is 0.168 e. The van der Waals surface area contributed by atoms with Crippen LogP contribution in [0.15, 0.2) is 54.6 Å².